The summed E-state index contributed by atoms with van der Waals surface area (Å²) in [6.07, 6.45) is 4.95. The first kappa shape index (κ1) is 13.3. The molecule has 1 aromatic carbocycles. The summed E-state index contributed by atoms with van der Waals surface area (Å²) in [6, 6.07) is 6.00. The van der Waals surface area contributed by atoms with E-state index in [1.165, 1.54) is 0 Å². The Labute approximate surface area is 116 Å². The van der Waals surface area contributed by atoms with E-state index in [4.69, 9.17) is 0 Å². The van der Waals surface area contributed by atoms with Crippen molar-refractivity contribution in [2.45, 2.75) is 25.9 Å². The van der Waals surface area contributed by atoms with Crippen LogP contribution in [-0.2, 0) is 13.5 Å². The number of aliphatic hydroxyl groups is 1. The van der Waals surface area contributed by atoms with Gasteiger partial charge in [-0.2, -0.15) is 5.10 Å². The van der Waals surface area contributed by atoms with Crippen LogP contribution < -0.4 is 0 Å². The highest BCUT2D eigenvalue weighted by Gasteiger charge is 2.11. The Balaban J connectivity index is 2.03. The maximum atomic E-state index is 10.2. The van der Waals surface area contributed by atoms with Gasteiger partial charge in [0.15, 0.2) is 0 Å². The second-order valence-corrected chi connectivity index (χ2v) is 5.49. The van der Waals surface area contributed by atoms with Crippen molar-refractivity contribution in [2.24, 2.45) is 7.05 Å². The fourth-order valence-electron chi connectivity index (χ4n) is 2.03. The van der Waals surface area contributed by atoms with Crippen molar-refractivity contribution < 1.29 is 5.11 Å². The van der Waals surface area contributed by atoms with E-state index in [0.717, 1.165) is 27.6 Å². The van der Waals surface area contributed by atoms with E-state index in [0.29, 0.717) is 6.42 Å². The number of aliphatic hydroxyl groups excluding tert-OH is 1. The minimum Gasteiger partial charge on any atom is -0.388 e. The molecule has 96 valence electrons. The van der Waals surface area contributed by atoms with Crippen LogP contribution >= 0.6 is 15.9 Å². The summed E-state index contributed by atoms with van der Waals surface area (Å²) in [6.45, 7) is 2.02. The van der Waals surface area contributed by atoms with Gasteiger partial charge >= 0.3 is 0 Å². The molecule has 1 atom stereocenters. The van der Waals surface area contributed by atoms with Gasteiger partial charge in [0, 0.05) is 17.7 Å². The van der Waals surface area contributed by atoms with Crippen molar-refractivity contribution >= 4 is 15.9 Å². The second kappa shape index (κ2) is 5.67. The molecule has 1 heterocycles. The van der Waals surface area contributed by atoms with Crippen LogP contribution in [0, 0.1) is 6.92 Å². The first-order valence-electron chi connectivity index (χ1n) is 5.98. The quantitative estimate of drug-likeness (QED) is 0.942. The molecular formula is C14H17BrN2O. The van der Waals surface area contributed by atoms with E-state index in [9.17, 15) is 5.11 Å². The normalized spacial score (nSPS) is 12.7. The largest absolute Gasteiger partial charge is 0.388 e. The van der Waals surface area contributed by atoms with Crippen molar-refractivity contribution in [2.75, 3.05) is 0 Å². The lowest BCUT2D eigenvalue weighted by molar-refractivity contribution is 0.167. The number of aromatic nitrogens is 2. The summed E-state index contributed by atoms with van der Waals surface area (Å²) < 4.78 is 2.79. The van der Waals surface area contributed by atoms with Gasteiger partial charge in [-0.1, -0.05) is 22.0 Å². The molecule has 4 heteroatoms. The van der Waals surface area contributed by atoms with E-state index in [1.54, 1.807) is 4.68 Å². The van der Waals surface area contributed by atoms with Crippen LogP contribution in [0.1, 0.15) is 29.2 Å². The summed E-state index contributed by atoms with van der Waals surface area (Å²) in [4.78, 5) is 0. The molecule has 1 unspecified atom stereocenters. The third-order valence-corrected chi connectivity index (χ3v) is 3.56. The maximum absolute atomic E-state index is 10.2. The lowest BCUT2D eigenvalue weighted by Crippen LogP contribution is -2.01. The minimum absolute atomic E-state index is 0.428. The molecule has 3 nitrogen and oxygen atoms in total. The third kappa shape index (κ3) is 3.21. The molecule has 2 aromatic rings. The topological polar surface area (TPSA) is 38.1 Å². The summed E-state index contributed by atoms with van der Waals surface area (Å²) in [5, 5.41) is 14.4. The Morgan fingerprint density at radius 2 is 2.22 bits per heavy atom. The number of aryl methyl sites for hydroxylation is 3. The standard InChI is InChI=1S/C14H17BrN2O/c1-10-3-5-12(15)7-13(10)14(18)6-4-11-8-16-17(2)9-11/h3,5,7-9,14,18H,4,6H2,1-2H3. The van der Waals surface area contributed by atoms with Gasteiger partial charge in [0.05, 0.1) is 12.3 Å². The van der Waals surface area contributed by atoms with E-state index in [2.05, 4.69) is 21.0 Å². The first-order chi connectivity index (χ1) is 8.56. The highest BCUT2D eigenvalue weighted by atomic mass is 79.9. The number of hydrogen-bond donors (Lipinski definition) is 1. The van der Waals surface area contributed by atoms with Gasteiger partial charge in [0.2, 0.25) is 0 Å². The van der Waals surface area contributed by atoms with Crippen molar-refractivity contribution in [1.82, 2.24) is 9.78 Å². The zero-order valence-corrected chi connectivity index (χ0v) is 12.2. The van der Waals surface area contributed by atoms with Crippen LogP contribution in [0.4, 0.5) is 0 Å². The third-order valence-electron chi connectivity index (χ3n) is 3.07. The molecule has 1 N–H and O–H groups in total. The Bertz CT molecular complexity index is 536. The monoisotopic (exact) mass is 308 g/mol. The van der Waals surface area contributed by atoms with Gasteiger partial charge in [-0.15, -0.1) is 0 Å². The second-order valence-electron chi connectivity index (χ2n) is 4.58. The molecule has 0 bridgehead atoms. The molecule has 0 saturated carbocycles. The first-order valence-corrected chi connectivity index (χ1v) is 6.77. The van der Waals surface area contributed by atoms with Crippen LogP contribution in [0.25, 0.3) is 0 Å². The van der Waals surface area contributed by atoms with Gasteiger partial charge in [0.1, 0.15) is 0 Å². The summed E-state index contributed by atoms with van der Waals surface area (Å²) in [5.41, 5.74) is 3.27. The zero-order chi connectivity index (χ0) is 13.1. The molecule has 1 aromatic heterocycles. The molecule has 18 heavy (non-hydrogen) atoms. The van der Waals surface area contributed by atoms with E-state index < -0.39 is 6.10 Å². The van der Waals surface area contributed by atoms with Crippen LogP contribution in [0.2, 0.25) is 0 Å². The molecular weight excluding hydrogens is 292 g/mol. The summed E-state index contributed by atoms with van der Waals surface area (Å²) in [7, 11) is 1.90. The number of nitrogens with zero attached hydrogens (tertiary/aromatic N) is 2. The average Bonchev–Trinajstić information content (AvgIpc) is 2.75. The Morgan fingerprint density at radius 1 is 1.44 bits per heavy atom. The number of rotatable bonds is 4. The lowest BCUT2D eigenvalue weighted by atomic mass is 9.99. The summed E-state index contributed by atoms with van der Waals surface area (Å²) in [5.74, 6) is 0. The van der Waals surface area contributed by atoms with Crippen molar-refractivity contribution in [1.29, 1.82) is 0 Å². The average molecular weight is 309 g/mol. The van der Waals surface area contributed by atoms with Crippen molar-refractivity contribution in [3.8, 4) is 0 Å². The lowest BCUT2D eigenvalue weighted by Gasteiger charge is -2.13. The molecule has 0 radical (unpaired) electrons. The van der Waals surface area contributed by atoms with Gasteiger partial charge in [-0.05, 0) is 48.6 Å². The van der Waals surface area contributed by atoms with Gasteiger partial charge in [-0.25, -0.2) is 0 Å². The van der Waals surface area contributed by atoms with Gasteiger partial charge in [-0.3, -0.25) is 4.68 Å². The molecule has 0 amide bonds. The number of hydrogen-bond acceptors (Lipinski definition) is 2. The van der Waals surface area contributed by atoms with E-state index in [-0.39, 0.29) is 0 Å². The van der Waals surface area contributed by atoms with Crippen molar-refractivity contribution in [3.05, 3.63) is 51.8 Å². The molecule has 0 spiro atoms. The fourth-order valence-corrected chi connectivity index (χ4v) is 2.41. The fraction of sp³-hybridized carbons (Fsp3) is 0.357. The molecule has 0 fully saturated rings. The number of halogens is 1. The Hall–Kier alpha value is -1.13. The highest BCUT2D eigenvalue weighted by Crippen LogP contribution is 2.25. The van der Waals surface area contributed by atoms with E-state index in [1.807, 2.05) is 44.6 Å². The SMILES string of the molecule is Cc1ccc(Br)cc1C(O)CCc1cnn(C)c1. The summed E-state index contributed by atoms with van der Waals surface area (Å²) >= 11 is 3.44. The molecule has 0 aliphatic carbocycles. The minimum atomic E-state index is -0.428. The highest BCUT2D eigenvalue weighted by molar-refractivity contribution is 9.10. The van der Waals surface area contributed by atoms with Gasteiger partial charge < -0.3 is 5.11 Å². The van der Waals surface area contributed by atoms with Crippen LogP contribution in [0.5, 0.6) is 0 Å². The smallest absolute Gasteiger partial charge is 0.0796 e. The molecule has 2 rings (SSSR count). The van der Waals surface area contributed by atoms with Crippen LogP contribution in [0.15, 0.2) is 35.1 Å². The predicted octanol–water partition coefficient (Wildman–Crippen LogP) is 3.16. The van der Waals surface area contributed by atoms with Crippen LogP contribution in [0.3, 0.4) is 0 Å². The van der Waals surface area contributed by atoms with Gasteiger partial charge in [0.25, 0.3) is 0 Å². The predicted molar refractivity (Wildman–Crippen MR) is 75.4 cm³/mol. The Kier molecular flexibility index (Phi) is 4.19. The maximum Gasteiger partial charge on any atom is 0.0796 e. The van der Waals surface area contributed by atoms with Crippen molar-refractivity contribution in [3.63, 3.8) is 0 Å². The number of benzene rings is 1. The van der Waals surface area contributed by atoms with E-state index >= 15 is 0 Å². The Morgan fingerprint density at radius 3 is 2.89 bits per heavy atom. The van der Waals surface area contributed by atoms with Crippen LogP contribution in [-0.4, -0.2) is 14.9 Å². The molecule has 0 aliphatic heterocycles. The molecule has 0 saturated heterocycles. The zero-order valence-electron chi connectivity index (χ0n) is 10.6. The molecule has 0 aliphatic rings.